The van der Waals surface area contributed by atoms with Crippen LogP contribution < -0.4 is 5.32 Å². The van der Waals surface area contributed by atoms with E-state index in [0.29, 0.717) is 22.7 Å². The van der Waals surface area contributed by atoms with Gasteiger partial charge in [-0.05, 0) is 25.1 Å². The molecule has 0 bridgehead atoms. The van der Waals surface area contributed by atoms with Gasteiger partial charge in [0.1, 0.15) is 11.4 Å². The van der Waals surface area contributed by atoms with Crippen molar-refractivity contribution in [2.24, 2.45) is 0 Å². The molecule has 0 saturated heterocycles. The largest absolute Gasteiger partial charge is 0.306 e. The number of fused-ring (bicyclic) bond motifs is 1. The van der Waals surface area contributed by atoms with Crippen LogP contribution in [0.3, 0.4) is 0 Å². The van der Waals surface area contributed by atoms with Crippen LogP contribution in [0.4, 0.5) is 5.82 Å². The average molecular weight is 253 g/mol. The van der Waals surface area contributed by atoms with Gasteiger partial charge in [-0.3, -0.25) is 4.79 Å². The van der Waals surface area contributed by atoms with Gasteiger partial charge in [-0.15, -0.1) is 0 Å². The molecule has 0 aliphatic heterocycles. The van der Waals surface area contributed by atoms with Crippen molar-refractivity contribution >= 4 is 17.4 Å². The second-order valence-electron chi connectivity index (χ2n) is 4.02. The van der Waals surface area contributed by atoms with Crippen molar-refractivity contribution in [1.29, 1.82) is 0 Å². The van der Waals surface area contributed by atoms with Crippen LogP contribution in [0.15, 0.2) is 42.9 Å². The van der Waals surface area contributed by atoms with E-state index in [1.807, 2.05) is 6.07 Å². The number of rotatable bonds is 2. The van der Waals surface area contributed by atoms with Crippen molar-refractivity contribution in [2.45, 2.75) is 6.92 Å². The van der Waals surface area contributed by atoms with Gasteiger partial charge in [0.15, 0.2) is 5.65 Å². The summed E-state index contributed by atoms with van der Waals surface area (Å²) in [5, 5.41) is 6.98. The first-order valence-electron chi connectivity index (χ1n) is 5.78. The normalized spacial score (nSPS) is 10.6. The number of anilines is 1. The van der Waals surface area contributed by atoms with Crippen molar-refractivity contribution in [3.63, 3.8) is 0 Å². The summed E-state index contributed by atoms with van der Waals surface area (Å²) < 4.78 is 1.59. The van der Waals surface area contributed by atoms with Crippen LogP contribution in [0.1, 0.15) is 16.1 Å². The fourth-order valence-electron chi connectivity index (χ4n) is 1.88. The Morgan fingerprint density at radius 3 is 2.84 bits per heavy atom. The minimum Gasteiger partial charge on any atom is -0.306 e. The molecule has 94 valence electrons. The van der Waals surface area contributed by atoms with Gasteiger partial charge in [0.25, 0.3) is 5.91 Å². The summed E-state index contributed by atoms with van der Waals surface area (Å²) in [6.07, 6.45) is 5.01. The van der Waals surface area contributed by atoms with Crippen LogP contribution in [-0.4, -0.2) is 25.5 Å². The van der Waals surface area contributed by atoms with Crippen molar-refractivity contribution in [1.82, 2.24) is 19.6 Å². The first-order valence-corrected chi connectivity index (χ1v) is 5.78. The lowest BCUT2D eigenvalue weighted by Crippen LogP contribution is -2.14. The second-order valence-corrected chi connectivity index (χ2v) is 4.02. The number of amides is 1. The predicted molar refractivity (Wildman–Crippen MR) is 69.9 cm³/mol. The van der Waals surface area contributed by atoms with Gasteiger partial charge in [0.2, 0.25) is 0 Å². The zero-order chi connectivity index (χ0) is 13.2. The first-order chi connectivity index (χ1) is 9.25. The maximum absolute atomic E-state index is 12.3. The lowest BCUT2D eigenvalue weighted by molar-refractivity contribution is 0.102. The molecule has 0 fully saturated rings. The molecule has 0 spiro atoms. The molecule has 0 aliphatic rings. The Hall–Kier alpha value is -2.76. The van der Waals surface area contributed by atoms with Crippen LogP contribution in [0.5, 0.6) is 0 Å². The van der Waals surface area contributed by atoms with Crippen molar-refractivity contribution in [3.8, 4) is 0 Å². The number of nitrogens with one attached hydrogen (secondary N) is 1. The molecule has 0 unspecified atom stereocenters. The number of carbonyl (C=O) groups is 1. The molecular formula is C13H11N5O. The summed E-state index contributed by atoms with van der Waals surface area (Å²) in [6.45, 7) is 1.78. The van der Waals surface area contributed by atoms with Crippen molar-refractivity contribution in [3.05, 3.63) is 54.1 Å². The van der Waals surface area contributed by atoms with Crippen LogP contribution >= 0.6 is 0 Å². The lowest BCUT2D eigenvalue weighted by Gasteiger charge is -2.02. The van der Waals surface area contributed by atoms with E-state index >= 15 is 0 Å². The number of pyridine rings is 1. The molecular weight excluding hydrogens is 242 g/mol. The molecule has 19 heavy (non-hydrogen) atoms. The fourth-order valence-corrected chi connectivity index (χ4v) is 1.88. The van der Waals surface area contributed by atoms with Crippen LogP contribution in [0, 0.1) is 6.92 Å². The monoisotopic (exact) mass is 253 g/mol. The molecule has 6 nitrogen and oxygen atoms in total. The Kier molecular flexibility index (Phi) is 2.68. The van der Waals surface area contributed by atoms with E-state index in [1.54, 1.807) is 48.2 Å². The van der Waals surface area contributed by atoms with Gasteiger partial charge < -0.3 is 5.32 Å². The highest BCUT2D eigenvalue weighted by atomic mass is 16.1. The molecule has 1 amide bonds. The molecule has 0 aliphatic carbocycles. The highest BCUT2D eigenvalue weighted by Gasteiger charge is 2.18. The van der Waals surface area contributed by atoms with E-state index in [-0.39, 0.29) is 5.91 Å². The third-order valence-electron chi connectivity index (χ3n) is 2.70. The zero-order valence-corrected chi connectivity index (χ0v) is 10.2. The summed E-state index contributed by atoms with van der Waals surface area (Å²) in [6, 6.07) is 7.09. The molecule has 0 atom stereocenters. The molecule has 0 radical (unpaired) electrons. The van der Waals surface area contributed by atoms with Gasteiger partial charge in [-0.1, -0.05) is 6.07 Å². The highest BCUT2D eigenvalue weighted by molar-refractivity contribution is 6.08. The molecule has 0 aromatic carbocycles. The van der Waals surface area contributed by atoms with Crippen molar-refractivity contribution in [2.75, 3.05) is 5.32 Å². The van der Waals surface area contributed by atoms with Crippen LogP contribution in [0.2, 0.25) is 0 Å². The van der Waals surface area contributed by atoms with Crippen LogP contribution in [-0.2, 0) is 0 Å². The van der Waals surface area contributed by atoms with Gasteiger partial charge in [0.05, 0.1) is 5.69 Å². The number of aryl methyl sites for hydroxylation is 1. The topological polar surface area (TPSA) is 72.2 Å². The van der Waals surface area contributed by atoms with Gasteiger partial charge in [-0.25, -0.2) is 14.5 Å². The first kappa shape index (κ1) is 11.3. The Labute approximate surface area is 109 Å². The number of aromatic nitrogens is 4. The average Bonchev–Trinajstić information content (AvgIpc) is 2.75. The summed E-state index contributed by atoms with van der Waals surface area (Å²) in [5.74, 6) is 0.243. The number of nitrogens with zero attached hydrogens (tertiary/aromatic N) is 4. The SMILES string of the molecule is Cc1nn2cccnc2c1C(=O)Nc1ccccn1. The van der Waals surface area contributed by atoms with E-state index < -0.39 is 0 Å². The summed E-state index contributed by atoms with van der Waals surface area (Å²) in [4.78, 5) is 20.5. The molecule has 3 aromatic heterocycles. The predicted octanol–water partition coefficient (Wildman–Crippen LogP) is 1.69. The second kappa shape index (κ2) is 4.49. The molecule has 3 rings (SSSR count). The third kappa shape index (κ3) is 2.03. The van der Waals surface area contributed by atoms with E-state index in [2.05, 4.69) is 20.4 Å². The van der Waals surface area contributed by atoms with E-state index in [9.17, 15) is 4.79 Å². The van der Waals surface area contributed by atoms with Gasteiger partial charge >= 0.3 is 0 Å². The standard InChI is InChI=1S/C13H11N5O/c1-9-11(12-15-7-4-8-18(12)17-9)13(19)16-10-5-2-3-6-14-10/h2-8H,1H3,(H,14,16,19). The minimum absolute atomic E-state index is 0.259. The Bertz CT molecular complexity index is 735. The molecule has 1 N–H and O–H groups in total. The summed E-state index contributed by atoms with van der Waals surface area (Å²) >= 11 is 0. The summed E-state index contributed by atoms with van der Waals surface area (Å²) in [5.41, 5.74) is 1.63. The molecule has 3 aromatic rings. The van der Waals surface area contributed by atoms with E-state index in [0.717, 1.165) is 0 Å². The summed E-state index contributed by atoms with van der Waals surface area (Å²) in [7, 11) is 0. The Morgan fingerprint density at radius 1 is 1.21 bits per heavy atom. The zero-order valence-electron chi connectivity index (χ0n) is 10.2. The molecule has 3 heterocycles. The fraction of sp³-hybridized carbons (Fsp3) is 0.0769. The Morgan fingerprint density at radius 2 is 2.05 bits per heavy atom. The van der Waals surface area contributed by atoms with Crippen LogP contribution in [0.25, 0.3) is 5.65 Å². The minimum atomic E-state index is -0.259. The highest BCUT2D eigenvalue weighted by Crippen LogP contribution is 2.14. The Balaban J connectivity index is 2.00. The lowest BCUT2D eigenvalue weighted by atomic mass is 10.2. The quantitative estimate of drug-likeness (QED) is 0.754. The van der Waals surface area contributed by atoms with E-state index in [4.69, 9.17) is 0 Å². The maximum atomic E-state index is 12.3. The smallest absolute Gasteiger partial charge is 0.262 e. The number of hydrogen-bond acceptors (Lipinski definition) is 4. The third-order valence-corrected chi connectivity index (χ3v) is 2.70. The number of hydrogen-bond donors (Lipinski definition) is 1. The van der Waals surface area contributed by atoms with Crippen molar-refractivity contribution < 1.29 is 4.79 Å². The van der Waals surface area contributed by atoms with E-state index in [1.165, 1.54) is 0 Å². The molecule has 0 saturated carbocycles. The van der Waals surface area contributed by atoms with Gasteiger partial charge in [0, 0.05) is 18.6 Å². The van der Waals surface area contributed by atoms with Gasteiger partial charge in [-0.2, -0.15) is 5.10 Å². The number of carbonyl (C=O) groups excluding carboxylic acids is 1. The maximum Gasteiger partial charge on any atom is 0.262 e. The molecule has 6 heteroatoms.